The van der Waals surface area contributed by atoms with Crippen LogP contribution < -0.4 is 5.32 Å². The third-order valence-corrected chi connectivity index (χ3v) is 4.63. The summed E-state index contributed by atoms with van der Waals surface area (Å²) in [4.78, 5) is 18.4. The highest BCUT2D eigenvalue weighted by Gasteiger charge is 2.40. The van der Waals surface area contributed by atoms with Crippen LogP contribution in [0.4, 0.5) is 4.79 Å². The first-order valence-corrected chi connectivity index (χ1v) is 8.14. The van der Waals surface area contributed by atoms with Gasteiger partial charge in [0.25, 0.3) is 0 Å². The number of hydrogen-bond acceptors (Lipinski definition) is 2. The Balaban J connectivity index is 1.58. The van der Waals surface area contributed by atoms with Gasteiger partial charge in [-0.05, 0) is 43.2 Å². The molecule has 5 heteroatoms. The molecule has 0 aliphatic heterocycles. The van der Waals surface area contributed by atoms with E-state index < -0.39 is 0 Å². The largest absolute Gasteiger partial charge is 0.335 e. The Hall–Kier alpha value is -2.07. The van der Waals surface area contributed by atoms with Crippen molar-refractivity contribution in [2.45, 2.75) is 31.3 Å². The van der Waals surface area contributed by atoms with E-state index in [1.807, 2.05) is 43.3 Å². The molecule has 1 N–H and O–H groups in total. The van der Waals surface area contributed by atoms with Crippen molar-refractivity contribution >= 4 is 17.6 Å². The minimum atomic E-state index is -0.0716. The predicted octanol–water partition coefficient (Wildman–Crippen LogP) is 3.99. The Labute approximate surface area is 141 Å². The quantitative estimate of drug-likeness (QED) is 0.921. The van der Waals surface area contributed by atoms with E-state index in [0.717, 1.165) is 17.1 Å². The number of hydrogen-bond donors (Lipinski definition) is 1. The first-order chi connectivity index (χ1) is 11.1. The lowest BCUT2D eigenvalue weighted by atomic mass is 10.1. The molecule has 3 rings (SSSR count). The molecule has 23 heavy (non-hydrogen) atoms. The number of urea groups is 1. The molecule has 1 fully saturated rings. The molecule has 1 saturated carbocycles. The smallest absolute Gasteiger partial charge is 0.317 e. The van der Waals surface area contributed by atoms with Crippen LogP contribution >= 0.6 is 11.6 Å². The zero-order valence-corrected chi connectivity index (χ0v) is 14.0. The van der Waals surface area contributed by atoms with E-state index in [2.05, 4.69) is 16.4 Å². The highest BCUT2D eigenvalue weighted by molar-refractivity contribution is 6.30. The molecular formula is C18H20ClN3O. The average molecular weight is 330 g/mol. The Kier molecular flexibility index (Phi) is 4.53. The van der Waals surface area contributed by atoms with Gasteiger partial charge >= 0.3 is 6.03 Å². The molecule has 0 saturated heterocycles. The normalized spacial score (nSPS) is 20.7. The lowest BCUT2D eigenvalue weighted by Gasteiger charge is -2.25. The van der Waals surface area contributed by atoms with Crippen LogP contribution in [0, 0.1) is 0 Å². The molecule has 1 aliphatic rings. The Bertz CT molecular complexity index is 692. The van der Waals surface area contributed by atoms with Gasteiger partial charge in [0.1, 0.15) is 0 Å². The Morgan fingerprint density at radius 2 is 2.17 bits per heavy atom. The summed E-state index contributed by atoms with van der Waals surface area (Å²) >= 11 is 6.03. The first kappa shape index (κ1) is 15.8. The molecule has 0 radical (unpaired) electrons. The van der Waals surface area contributed by atoms with E-state index in [-0.39, 0.29) is 18.1 Å². The van der Waals surface area contributed by atoms with Crippen molar-refractivity contribution in [2.75, 3.05) is 7.05 Å². The van der Waals surface area contributed by atoms with E-state index in [0.29, 0.717) is 5.92 Å². The minimum Gasteiger partial charge on any atom is -0.335 e. The van der Waals surface area contributed by atoms with Crippen molar-refractivity contribution in [3.8, 4) is 0 Å². The van der Waals surface area contributed by atoms with E-state index in [9.17, 15) is 4.79 Å². The zero-order valence-electron chi connectivity index (χ0n) is 13.2. The number of rotatable bonds is 4. The van der Waals surface area contributed by atoms with Crippen LogP contribution in [0.1, 0.15) is 36.6 Å². The SMILES string of the molecule is C[C@@H](c1ccccn1)N(C)C(=O)N[C@H]1C[C@@H]1c1cccc(Cl)c1. The van der Waals surface area contributed by atoms with Crippen LogP contribution in [0.2, 0.25) is 5.02 Å². The number of carbonyl (C=O) groups excluding carboxylic acids is 1. The van der Waals surface area contributed by atoms with Crippen molar-refractivity contribution in [3.63, 3.8) is 0 Å². The number of carbonyl (C=O) groups is 1. The van der Waals surface area contributed by atoms with Crippen molar-refractivity contribution in [2.24, 2.45) is 0 Å². The minimum absolute atomic E-state index is 0.0698. The monoisotopic (exact) mass is 329 g/mol. The number of pyridine rings is 1. The maximum absolute atomic E-state index is 12.4. The molecule has 0 spiro atoms. The standard InChI is InChI=1S/C18H20ClN3O/c1-12(16-8-3-4-9-20-16)22(2)18(23)21-17-11-15(17)13-6-5-7-14(19)10-13/h3-10,12,15,17H,11H2,1-2H3,(H,21,23)/t12-,15+,17-/m0/s1. The second-order valence-electron chi connectivity index (χ2n) is 5.99. The van der Waals surface area contributed by atoms with Gasteiger partial charge in [-0.15, -0.1) is 0 Å². The predicted molar refractivity (Wildman–Crippen MR) is 91.5 cm³/mol. The third-order valence-electron chi connectivity index (χ3n) is 4.39. The van der Waals surface area contributed by atoms with Crippen LogP contribution in [0.5, 0.6) is 0 Å². The van der Waals surface area contributed by atoms with Crippen LogP contribution in [0.15, 0.2) is 48.7 Å². The molecule has 0 bridgehead atoms. The van der Waals surface area contributed by atoms with Gasteiger partial charge in [-0.2, -0.15) is 0 Å². The number of aromatic nitrogens is 1. The Morgan fingerprint density at radius 3 is 2.87 bits per heavy atom. The molecule has 2 amide bonds. The maximum atomic E-state index is 12.4. The number of nitrogens with one attached hydrogen (secondary N) is 1. The Morgan fingerprint density at radius 1 is 1.35 bits per heavy atom. The number of halogens is 1. The summed E-state index contributed by atoms with van der Waals surface area (Å²) in [5, 5.41) is 3.82. The number of nitrogens with zero attached hydrogens (tertiary/aromatic N) is 2. The molecule has 1 aliphatic carbocycles. The fraction of sp³-hybridized carbons (Fsp3) is 0.333. The van der Waals surface area contributed by atoms with E-state index in [1.54, 1.807) is 18.1 Å². The van der Waals surface area contributed by atoms with Crippen LogP contribution in [-0.4, -0.2) is 29.0 Å². The summed E-state index contributed by atoms with van der Waals surface area (Å²) in [7, 11) is 1.80. The molecule has 120 valence electrons. The second kappa shape index (κ2) is 6.59. The summed E-state index contributed by atoms with van der Waals surface area (Å²) in [6.45, 7) is 1.98. The summed E-state index contributed by atoms with van der Waals surface area (Å²) < 4.78 is 0. The number of amides is 2. The lowest BCUT2D eigenvalue weighted by Crippen LogP contribution is -2.40. The molecular weight excluding hydrogens is 310 g/mol. The van der Waals surface area contributed by atoms with Gasteiger partial charge in [0, 0.05) is 30.2 Å². The highest BCUT2D eigenvalue weighted by atomic mass is 35.5. The first-order valence-electron chi connectivity index (χ1n) is 7.76. The topological polar surface area (TPSA) is 45.2 Å². The van der Waals surface area contributed by atoms with E-state index >= 15 is 0 Å². The molecule has 1 aromatic carbocycles. The molecule has 3 atom stereocenters. The molecule has 4 nitrogen and oxygen atoms in total. The fourth-order valence-electron chi connectivity index (χ4n) is 2.72. The molecule has 0 unspecified atom stereocenters. The van der Waals surface area contributed by atoms with Gasteiger partial charge in [0.05, 0.1) is 11.7 Å². The van der Waals surface area contributed by atoms with Gasteiger partial charge in [-0.25, -0.2) is 4.79 Å². The summed E-state index contributed by atoms with van der Waals surface area (Å²) in [5.41, 5.74) is 2.07. The van der Waals surface area contributed by atoms with E-state index in [4.69, 9.17) is 11.6 Å². The van der Waals surface area contributed by atoms with Crippen molar-refractivity contribution in [1.29, 1.82) is 0 Å². The van der Waals surface area contributed by atoms with E-state index in [1.165, 1.54) is 5.56 Å². The van der Waals surface area contributed by atoms with Gasteiger partial charge in [-0.1, -0.05) is 29.8 Å². The molecule has 2 aromatic rings. The number of benzene rings is 1. The van der Waals surface area contributed by atoms with Crippen LogP contribution in [-0.2, 0) is 0 Å². The van der Waals surface area contributed by atoms with Gasteiger partial charge in [0.2, 0.25) is 0 Å². The lowest BCUT2D eigenvalue weighted by molar-refractivity contribution is 0.193. The van der Waals surface area contributed by atoms with Gasteiger partial charge in [-0.3, -0.25) is 4.98 Å². The third kappa shape index (κ3) is 3.64. The molecule has 1 heterocycles. The van der Waals surface area contributed by atoms with Crippen molar-refractivity contribution < 1.29 is 4.79 Å². The van der Waals surface area contributed by atoms with Crippen LogP contribution in [0.25, 0.3) is 0 Å². The van der Waals surface area contributed by atoms with Gasteiger partial charge in [0.15, 0.2) is 0 Å². The highest BCUT2D eigenvalue weighted by Crippen LogP contribution is 2.41. The fourth-order valence-corrected chi connectivity index (χ4v) is 2.92. The van der Waals surface area contributed by atoms with Crippen molar-refractivity contribution in [1.82, 2.24) is 15.2 Å². The zero-order chi connectivity index (χ0) is 16.4. The van der Waals surface area contributed by atoms with Crippen molar-refractivity contribution in [3.05, 3.63) is 64.9 Å². The van der Waals surface area contributed by atoms with Gasteiger partial charge < -0.3 is 10.2 Å². The summed E-state index contributed by atoms with van der Waals surface area (Å²) in [5.74, 6) is 0.358. The summed E-state index contributed by atoms with van der Waals surface area (Å²) in [6.07, 6.45) is 2.70. The maximum Gasteiger partial charge on any atom is 0.317 e. The second-order valence-corrected chi connectivity index (χ2v) is 6.43. The average Bonchev–Trinajstić information content (AvgIpc) is 3.33. The summed E-state index contributed by atoms with van der Waals surface area (Å²) in [6, 6.07) is 13.6. The molecule has 1 aromatic heterocycles. The van der Waals surface area contributed by atoms with Crippen LogP contribution in [0.3, 0.4) is 0 Å².